The largest absolute Gasteiger partial charge is 0.369 e. The van der Waals surface area contributed by atoms with Crippen LogP contribution in [-0.2, 0) is 6.54 Å². The standard InChI is InChI=1S/C21H18N2/c1-3-7-18(8-4-1)21-15-22-14-19-10-9-17(13-20(19)21)16-23-11-5-2-6-12-23/h1-11,13-15H,12,16H2. The van der Waals surface area contributed by atoms with Gasteiger partial charge in [-0.1, -0.05) is 54.6 Å². The van der Waals surface area contributed by atoms with Gasteiger partial charge in [-0.3, -0.25) is 4.98 Å². The lowest BCUT2D eigenvalue weighted by molar-refractivity contribution is 0.405. The number of nitrogens with zero attached hydrogens (tertiary/aromatic N) is 2. The molecule has 3 aromatic rings. The van der Waals surface area contributed by atoms with Crippen LogP contribution in [0.2, 0.25) is 0 Å². The van der Waals surface area contributed by atoms with Gasteiger partial charge >= 0.3 is 0 Å². The summed E-state index contributed by atoms with van der Waals surface area (Å²) < 4.78 is 0. The van der Waals surface area contributed by atoms with E-state index in [1.165, 1.54) is 27.5 Å². The maximum atomic E-state index is 4.40. The van der Waals surface area contributed by atoms with Gasteiger partial charge in [0.15, 0.2) is 0 Å². The summed E-state index contributed by atoms with van der Waals surface area (Å²) in [6.45, 7) is 1.89. The van der Waals surface area contributed by atoms with E-state index in [1.807, 2.05) is 18.5 Å². The van der Waals surface area contributed by atoms with Gasteiger partial charge in [-0.05, 0) is 34.9 Å². The van der Waals surface area contributed by atoms with Crippen LogP contribution in [0.5, 0.6) is 0 Å². The molecule has 4 rings (SSSR count). The Bertz CT molecular complexity index is 879. The Balaban J connectivity index is 1.75. The Hall–Kier alpha value is -2.87. The molecule has 1 aliphatic heterocycles. The van der Waals surface area contributed by atoms with E-state index in [2.05, 4.69) is 76.8 Å². The van der Waals surface area contributed by atoms with Crippen LogP contribution in [-0.4, -0.2) is 16.4 Å². The molecule has 0 aliphatic carbocycles. The zero-order valence-electron chi connectivity index (χ0n) is 12.9. The van der Waals surface area contributed by atoms with Crippen LogP contribution in [0, 0.1) is 0 Å². The van der Waals surface area contributed by atoms with Crippen LogP contribution in [0.3, 0.4) is 0 Å². The molecule has 2 heterocycles. The number of benzene rings is 2. The molecule has 0 spiro atoms. The number of allylic oxidation sites excluding steroid dienone is 2. The van der Waals surface area contributed by atoms with Crippen molar-refractivity contribution in [2.45, 2.75) is 6.54 Å². The summed E-state index contributed by atoms with van der Waals surface area (Å²) in [4.78, 5) is 6.71. The lowest BCUT2D eigenvalue weighted by Crippen LogP contribution is -2.18. The molecule has 0 fully saturated rings. The predicted molar refractivity (Wildman–Crippen MR) is 95.9 cm³/mol. The second-order valence-electron chi connectivity index (χ2n) is 5.81. The van der Waals surface area contributed by atoms with E-state index in [4.69, 9.17) is 0 Å². The molecule has 1 aromatic heterocycles. The van der Waals surface area contributed by atoms with Crippen molar-refractivity contribution in [1.29, 1.82) is 0 Å². The monoisotopic (exact) mass is 298 g/mol. The fourth-order valence-corrected chi connectivity index (χ4v) is 3.02. The quantitative estimate of drug-likeness (QED) is 0.691. The van der Waals surface area contributed by atoms with E-state index >= 15 is 0 Å². The van der Waals surface area contributed by atoms with E-state index in [9.17, 15) is 0 Å². The van der Waals surface area contributed by atoms with Crippen LogP contribution in [0.15, 0.2) is 85.4 Å². The predicted octanol–water partition coefficient (Wildman–Crippen LogP) is 4.79. The highest BCUT2D eigenvalue weighted by atomic mass is 15.1. The van der Waals surface area contributed by atoms with Crippen LogP contribution in [0.1, 0.15) is 5.56 Å². The summed E-state index contributed by atoms with van der Waals surface area (Å²) in [6, 6.07) is 17.1. The van der Waals surface area contributed by atoms with Crippen molar-refractivity contribution in [3.05, 3.63) is 90.9 Å². The van der Waals surface area contributed by atoms with Crippen molar-refractivity contribution in [3.63, 3.8) is 0 Å². The summed E-state index contributed by atoms with van der Waals surface area (Å²) in [6.07, 6.45) is 12.4. The summed E-state index contributed by atoms with van der Waals surface area (Å²) >= 11 is 0. The van der Waals surface area contributed by atoms with Crippen molar-refractivity contribution < 1.29 is 0 Å². The minimum Gasteiger partial charge on any atom is -0.369 e. The first-order chi connectivity index (χ1) is 11.4. The minimum absolute atomic E-state index is 0.924. The van der Waals surface area contributed by atoms with E-state index in [0.717, 1.165) is 13.1 Å². The molecule has 1 aliphatic rings. The number of hydrogen-bond donors (Lipinski definition) is 0. The third-order valence-electron chi connectivity index (χ3n) is 4.18. The number of fused-ring (bicyclic) bond motifs is 1. The molecule has 0 saturated carbocycles. The molecule has 0 atom stereocenters. The maximum Gasteiger partial charge on any atom is 0.0427 e. The first kappa shape index (κ1) is 13.8. The van der Waals surface area contributed by atoms with Crippen molar-refractivity contribution >= 4 is 10.8 Å². The Morgan fingerprint density at radius 2 is 1.87 bits per heavy atom. The fourth-order valence-electron chi connectivity index (χ4n) is 3.02. The fraction of sp³-hybridized carbons (Fsp3) is 0.0952. The highest BCUT2D eigenvalue weighted by molar-refractivity contribution is 5.96. The Kier molecular flexibility index (Phi) is 3.65. The zero-order valence-corrected chi connectivity index (χ0v) is 12.9. The summed E-state index contributed by atoms with van der Waals surface area (Å²) in [5.41, 5.74) is 3.73. The van der Waals surface area contributed by atoms with Gasteiger partial charge < -0.3 is 4.90 Å². The number of hydrogen-bond acceptors (Lipinski definition) is 2. The van der Waals surface area contributed by atoms with Crippen molar-refractivity contribution in [3.8, 4) is 11.1 Å². The third kappa shape index (κ3) is 2.88. The van der Waals surface area contributed by atoms with Crippen LogP contribution in [0.25, 0.3) is 21.9 Å². The lowest BCUT2D eigenvalue weighted by atomic mass is 9.99. The molecular formula is C21H18N2. The Labute approximate surface area is 136 Å². The molecule has 0 radical (unpaired) electrons. The van der Waals surface area contributed by atoms with E-state index in [-0.39, 0.29) is 0 Å². The molecule has 2 heteroatoms. The van der Waals surface area contributed by atoms with Gasteiger partial charge in [0.1, 0.15) is 0 Å². The molecule has 0 saturated heterocycles. The minimum atomic E-state index is 0.924. The third-order valence-corrected chi connectivity index (χ3v) is 4.18. The van der Waals surface area contributed by atoms with E-state index < -0.39 is 0 Å². The van der Waals surface area contributed by atoms with Crippen molar-refractivity contribution in [2.24, 2.45) is 0 Å². The highest BCUT2D eigenvalue weighted by Crippen LogP contribution is 2.28. The van der Waals surface area contributed by atoms with E-state index in [1.54, 1.807) is 0 Å². The Morgan fingerprint density at radius 3 is 2.70 bits per heavy atom. The van der Waals surface area contributed by atoms with E-state index in [0.29, 0.717) is 0 Å². The van der Waals surface area contributed by atoms with Crippen molar-refractivity contribution in [2.75, 3.05) is 6.54 Å². The zero-order chi connectivity index (χ0) is 15.5. The molecule has 0 N–H and O–H groups in total. The lowest BCUT2D eigenvalue weighted by Gasteiger charge is -2.21. The van der Waals surface area contributed by atoms with Crippen LogP contribution >= 0.6 is 0 Å². The average Bonchev–Trinajstić information content (AvgIpc) is 2.63. The second kappa shape index (κ2) is 6.09. The normalized spacial score (nSPS) is 13.7. The molecule has 0 bridgehead atoms. The smallest absolute Gasteiger partial charge is 0.0427 e. The van der Waals surface area contributed by atoms with Crippen molar-refractivity contribution in [1.82, 2.24) is 9.88 Å². The topological polar surface area (TPSA) is 16.1 Å². The number of aromatic nitrogens is 1. The molecule has 0 amide bonds. The van der Waals surface area contributed by atoms with Crippen LogP contribution in [0.4, 0.5) is 0 Å². The average molecular weight is 298 g/mol. The molecule has 112 valence electrons. The molecule has 2 nitrogen and oxygen atoms in total. The maximum absolute atomic E-state index is 4.40. The van der Waals surface area contributed by atoms with Gasteiger partial charge in [-0.2, -0.15) is 0 Å². The van der Waals surface area contributed by atoms with Gasteiger partial charge in [-0.15, -0.1) is 0 Å². The number of rotatable bonds is 3. The molecule has 2 aromatic carbocycles. The number of pyridine rings is 1. The first-order valence-electron chi connectivity index (χ1n) is 7.89. The van der Waals surface area contributed by atoms with Gasteiger partial charge in [-0.25, -0.2) is 0 Å². The highest BCUT2D eigenvalue weighted by Gasteiger charge is 2.07. The second-order valence-corrected chi connectivity index (χ2v) is 5.81. The van der Waals surface area contributed by atoms with Crippen LogP contribution < -0.4 is 0 Å². The SMILES string of the molecule is C1=CCN(Cc2ccc3cncc(-c4ccccc4)c3c2)C=C1. The molecule has 0 unspecified atom stereocenters. The first-order valence-corrected chi connectivity index (χ1v) is 7.89. The summed E-state index contributed by atoms with van der Waals surface area (Å²) in [7, 11) is 0. The molecular weight excluding hydrogens is 280 g/mol. The summed E-state index contributed by atoms with van der Waals surface area (Å²) in [5, 5.41) is 2.45. The summed E-state index contributed by atoms with van der Waals surface area (Å²) in [5.74, 6) is 0. The van der Waals surface area contributed by atoms with Gasteiger partial charge in [0.25, 0.3) is 0 Å². The van der Waals surface area contributed by atoms with Gasteiger partial charge in [0.2, 0.25) is 0 Å². The molecule has 23 heavy (non-hydrogen) atoms. The van der Waals surface area contributed by atoms with Gasteiger partial charge in [0.05, 0.1) is 0 Å². The van der Waals surface area contributed by atoms with Gasteiger partial charge in [0, 0.05) is 36.4 Å². The Morgan fingerprint density at radius 1 is 0.957 bits per heavy atom.